The van der Waals surface area contributed by atoms with Gasteiger partial charge in [0.25, 0.3) is 0 Å². The highest BCUT2D eigenvalue weighted by Crippen LogP contribution is 2.24. The van der Waals surface area contributed by atoms with Crippen molar-refractivity contribution in [1.82, 2.24) is 4.90 Å². The molecule has 0 amide bonds. The zero-order valence-electron chi connectivity index (χ0n) is 11.9. The second-order valence-electron chi connectivity index (χ2n) is 5.38. The number of hydrogen-bond donors (Lipinski definition) is 1. The number of benzene rings is 1. The third-order valence-corrected chi connectivity index (χ3v) is 4.48. The Morgan fingerprint density at radius 3 is 2.39 bits per heavy atom. The smallest absolute Gasteiger partial charge is 0.0318 e. The molecule has 3 heteroatoms. The highest BCUT2D eigenvalue weighted by molar-refractivity contribution is 9.10. The molecule has 0 aliphatic heterocycles. The van der Waals surface area contributed by atoms with Crippen molar-refractivity contribution in [3.05, 3.63) is 34.3 Å². The molecule has 0 aliphatic rings. The van der Waals surface area contributed by atoms with Crippen LogP contribution in [0.4, 0.5) is 0 Å². The van der Waals surface area contributed by atoms with E-state index in [4.69, 9.17) is 5.73 Å². The summed E-state index contributed by atoms with van der Waals surface area (Å²) in [7, 11) is 2.18. The van der Waals surface area contributed by atoms with Crippen LogP contribution in [0.3, 0.4) is 0 Å². The van der Waals surface area contributed by atoms with Gasteiger partial charge in [0, 0.05) is 16.6 Å². The summed E-state index contributed by atoms with van der Waals surface area (Å²) in [6.07, 6.45) is 0.982. The summed E-state index contributed by atoms with van der Waals surface area (Å²) in [5.74, 6) is 0.676. The lowest BCUT2D eigenvalue weighted by molar-refractivity contribution is 0.202. The van der Waals surface area contributed by atoms with Gasteiger partial charge in [-0.3, -0.25) is 0 Å². The van der Waals surface area contributed by atoms with Crippen LogP contribution in [-0.4, -0.2) is 24.5 Å². The minimum Gasteiger partial charge on any atom is -0.324 e. The molecule has 2 N–H and O–H groups in total. The summed E-state index contributed by atoms with van der Waals surface area (Å²) >= 11 is 3.56. The zero-order valence-corrected chi connectivity index (χ0v) is 13.4. The number of halogens is 1. The van der Waals surface area contributed by atoms with Crippen molar-refractivity contribution in [1.29, 1.82) is 0 Å². The number of rotatable bonds is 6. The summed E-state index contributed by atoms with van der Waals surface area (Å²) < 4.78 is 1.11. The summed E-state index contributed by atoms with van der Waals surface area (Å²) in [6.45, 7) is 7.82. The van der Waals surface area contributed by atoms with Crippen molar-refractivity contribution in [2.75, 3.05) is 13.6 Å². The average Bonchev–Trinajstić information content (AvgIpc) is 2.35. The van der Waals surface area contributed by atoms with Crippen LogP contribution in [0.5, 0.6) is 0 Å². The molecule has 18 heavy (non-hydrogen) atoms. The predicted octanol–water partition coefficient (Wildman–Crippen LogP) is 3.82. The molecule has 0 bridgehead atoms. The minimum atomic E-state index is 0.0994. The van der Waals surface area contributed by atoms with Gasteiger partial charge in [0.2, 0.25) is 0 Å². The van der Waals surface area contributed by atoms with E-state index in [0.29, 0.717) is 12.0 Å². The van der Waals surface area contributed by atoms with Gasteiger partial charge in [-0.15, -0.1) is 0 Å². The van der Waals surface area contributed by atoms with Gasteiger partial charge in [-0.2, -0.15) is 0 Å². The van der Waals surface area contributed by atoms with Crippen molar-refractivity contribution >= 4 is 15.9 Å². The molecule has 2 unspecified atom stereocenters. The fourth-order valence-corrected chi connectivity index (χ4v) is 2.57. The van der Waals surface area contributed by atoms with Crippen LogP contribution >= 0.6 is 15.9 Å². The largest absolute Gasteiger partial charge is 0.324 e. The first-order valence-electron chi connectivity index (χ1n) is 6.63. The van der Waals surface area contributed by atoms with Crippen molar-refractivity contribution in [2.45, 2.75) is 39.3 Å². The molecule has 0 aliphatic carbocycles. The molecular weight excluding hydrogens is 288 g/mol. The lowest BCUT2D eigenvalue weighted by Crippen LogP contribution is -2.35. The van der Waals surface area contributed by atoms with Gasteiger partial charge in [-0.1, -0.05) is 48.0 Å². The van der Waals surface area contributed by atoms with Crippen LogP contribution in [-0.2, 0) is 0 Å². The first-order valence-corrected chi connectivity index (χ1v) is 7.43. The van der Waals surface area contributed by atoms with E-state index in [1.54, 1.807) is 0 Å². The zero-order chi connectivity index (χ0) is 13.7. The van der Waals surface area contributed by atoms with E-state index < -0.39 is 0 Å². The molecule has 2 atom stereocenters. The molecule has 0 fully saturated rings. The second kappa shape index (κ2) is 7.27. The quantitative estimate of drug-likeness (QED) is 0.865. The standard InChI is InChI=1S/C15H25BrN2/c1-11(2)12(3)18(4)10-9-15(17)13-7-5-6-8-14(13)16/h5-8,11-12,15H,9-10,17H2,1-4H3. The minimum absolute atomic E-state index is 0.0994. The highest BCUT2D eigenvalue weighted by Gasteiger charge is 2.15. The van der Waals surface area contributed by atoms with Crippen molar-refractivity contribution in [2.24, 2.45) is 11.7 Å². The lowest BCUT2D eigenvalue weighted by Gasteiger charge is -2.29. The van der Waals surface area contributed by atoms with Gasteiger partial charge in [-0.05, 0) is 44.5 Å². The maximum Gasteiger partial charge on any atom is 0.0318 e. The predicted molar refractivity (Wildman–Crippen MR) is 82.6 cm³/mol. The lowest BCUT2D eigenvalue weighted by atomic mass is 10.0. The van der Waals surface area contributed by atoms with Crippen LogP contribution in [0.25, 0.3) is 0 Å². The van der Waals surface area contributed by atoms with E-state index in [1.165, 1.54) is 5.56 Å². The van der Waals surface area contributed by atoms with Crippen LogP contribution in [0.1, 0.15) is 38.8 Å². The van der Waals surface area contributed by atoms with Gasteiger partial charge >= 0.3 is 0 Å². The van der Waals surface area contributed by atoms with E-state index in [2.05, 4.69) is 60.8 Å². The molecule has 0 saturated carbocycles. The molecular formula is C15H25BrN2. The molecule has 1 rings (SSSR count). The highest BCUT2D eigenvalue weighted by atomic mass is 79.9. The molecule has 1 aromatic carbocycles. The Labute approximate surface area is 120 Å². The Bertz CT molecular complexity index is 365. The number of hydrogen-bond acceptors (Lipinski definition) is 2. The summed E-state index contributed by atoms with van der Waals surface area (Å²) in [5, 5.41) is 0. The number of nitrogens with zero attached hydrogens (tertiary/aromatic N) is 1. The molecule has 2 nitrogen and oxygen atoms in total. The van der Waals surface area contributed by atoms with Gasteiger partial charge in [0.15, 0.2) is 0 Å². The van der Waals surface area contributed by atoms with Crippen LogP contribution in [0.15, 0.2) is 28.7 Å². The average molecular weight is 313 g/mol. The first-order chi connectivity index (χ1) is 8.43. The van der Waals surface area contributed by atoms with E-state index >= 15 is 0 Å². The Balaban J connectivity index is 2.51. The Hall–Kier alpha value is -0.380. The maximum absolute atomic E-state index is 6.26. The summed E-state index contributed by atoms with van der Waals surface area (Å²) in [6, 6.07) is 8.91. The van der Waals surface area contributed by atoms with Crippen molar-refractivity contribution in [3.63, 3.8) is 0 Å². The van der Waals surface area contributed by atoms with Crippen molar-refractivity contribution < 1.29 is 0 Å². The van der Waals surface area contributed by atoms with E-state index in [-0.39, 0.29) is 6.04 Å². The van der Waals surface area contributed by atoms with Crippen LogP contribution in [0.2, 0.25) is 0 Å². The first kappa shape index (κ1) is 15.7. The molecule has 102 valence electrons. The summed E-state index contributed by atoms with van der Waals surface area (Å²) in [4.78, 5) is 2.39. The van der Waals surface area contributed by atoms with E-state index in [9.17, 15) is 0 Å². The maximum atomic E-state index is 6.26. The summed E-state index contributed by atoms with van der Waals surface area (Å²) in [5.41, 5.74) is 7.46. The van der Waals surface area contributed by atoms with E-state index in [0.717, 1.165) is 17.4 Å². The molecule has 0 saturated heterocycles. The molecule has 0 radical (unpaired) electrons. The molecule has 0 spiro atoms. The molecule has 0 aromatic heterocycles. The topological polar surface area (TPSA) is 29.3 Å². The SMILES string of the molecule is CC(C)C(C)N(C)CCC(N)c1ccccc1Br. The third kappa shape index (κ3) is 4.38. The van der Waals surface area contributed by atoms with Crippen LogP contribution in [0, 0.1) is 5.92 Å². The van der Waals surface area contributed by atoms with Gasteiger partial charge in [-0.25, -0.2) is 0 Å². The Kier molecular flexibility index (Phi) is 6.33. The van der Waals surface area contributed by atoms with Crippen molar-refractivity contribution in [3.8, 4) is 0 Å². The fourth-order valence-electron chi connectivity index (χ4n) is 1.99. The molecule has 0 heterocycles. The molecule has 1 aromatic rings. The van der Waals surface area contributed by atoms with Gasteiger partial charge < -0.3 is 10.6 Å². The normalized spacial score (nSPS) is 15.1. The third-order valence-electron chi connectivity index (χ3n) is 3.76. The monoisotopic (exact) mass is 312 g/mol. The van der Waals surface area contributed by atoms with E-state index in [1.807, 2.05) is 12.1 Å². The van der Waals surface area contributed by atoms with Crippen LogP contribution < -0.4 is 5.73 Å². The second-order valence-corrected chi connectivity index (χ2v) is 6.24. The Morgan fingerprint density at radius 1 is 1.22 bits per heavy atom. The Morgan fingerprint density at radius 2 is 1.83 bits per heavy atom. The fraction of sp³-hybridized carbons (Fsp3) is 0.600. The number of nitrogens with two attached hydrogens (primary N) is 1. The van der Waals surface area contributed by atoms with Gasteiger partial charge in [0.05, 0.1) is 0 Å². The van der Waals surface area contributed by atoms with Gasteiger partial charge in [0.1, 0.15) is 0 Å².